The minimum absolute atomic E-state index is 0.0580. The van der Waals surface area contributed by atoms with Crippen molar-refractivity contribution in [2.24, 2.45) is 0 Å². The van der Waals surface area contributed by atoms with Crippen LogP contribution in [0.25, 0.3) is 0 Å². The van der Waals surface area contributed by atoms with Crippen LogP contribution in [0.4, 0.5) is 10.5 Å². The van der Waals surface area contributed by atoms with E-state index in [1.807, 2.05) is 37.4 Å². The number of hydrogen-bond acceptors (Lipinski definition) is 2. The molecule has 2 aromatic carbocycles. The van der Waals surface area contributed by atoms with Gasteiger partial charge in [0.2, 0.25) is 0 Å². The van der Waals surface area contributed by atoms with E-state index in [0.717, 1.165) is 18.5 Å². The summed E-state index contributed by atoms with van der Waals surface area (Å²) in [5, 5.41) is 0.927. The van der Waals surface area contributed by atoms with E-state index in [2.05, 4.69) is 19.1 Å². The number of carbonyl (C=O) groups excluding carboxylic acids is 1. The second-order valence-electron chi connectivity index (χ2n) is 5.81. The first-order valence-electron chi connectivity index (χ1n) is 8.36. The number of thioether (sulfide) groups is 1. The Morgan fingerprint density at radius 1 is 1.08 bits per heavy atom. The van der Waals surface area contributed by atoms with E-state index in [0.29, 0.717) is 5.02 Å². The zero-order valence-corrected chi connectivity index (χ0v) is 15.8. The Kier molecular flexibility index (Phi) is 7.67. The summed E-state index contributed by atoms with van der Waals surface area (Å²) in [6, 6.07) is 17.7. The molecule has 0 aromatic heterocycles. The first kappa shape index (κ1) is 18.9. The molecule has 2 rings (SSSR count). The van der Waals surface area contributed by atoms with Crippen LogP contribution in [-0.4, -0.2) is 12.3 Å². The Balaban J connectivity index is 2.06. The molecular weight excluding hydrogens is 338 g/mol. The molecule has 24 heavy (non-hydrogen) atoms. The summed E-state index contributed by atoms with van der Waals surface area (Å²) >= 11 is 7.33. The first-order valence-corrected chi connectivity index (χ1v) is 9.62. The van der Waals surface area contributed by atoms with Crippen molar-refractivity contribution in [1.29, 1.82) is 0 Å². The highest BCUT2D eigenvalue weighted by Crippen LogP contribution is 2.36. The predicted octanol–water partition coefficient (Wildman–Crippen LogP) is 6.95. The Morgan fingerprint density at radius 3 is 2.38 bits per heavy atom. The molecule has 0 unspecified atom stereocenters. The van der Waals surface area contributed by atoms with E-state index in [1.54, 1.807) is 17.0 Å². The van der Waals surface area contributed by atoms with Crippen LogP contribution in [0, 0.1) is 0 Å². The number of hydrogen-bond donors (Lipinski definition) is 0. The van der Waals surface area contributed by atoms with Crippen LogP contribution in [0.15, 0.2) is 54.6 Å². The van der Waals surface area contributed by atoms with Gasteiger partial charge in [-0.3, -0.25) is 4.79 Å². The van der Waals surface area contributed by atoms with Gasteiger partial charge in [-0.15, -0.1) is 0 Å². The maximum Gasteiger partial charge on any atom is 0.286 e. The molecule has 128 valence electrons. The summed E-state index contributed by atoms with van der Waals surface area (Å²) in [4.78, 5) is 14.4. The zero-order chi connectivity index (χ0) is 17.4. The van der Waals surface area contributed by atoms with Gasteiger partial charge in [0, 0.05) is 23.0 Å². The molecule has 0 bridgehead atoms. The zero-order valence-electron chi connectivity index (χ0n) is 14.2. The molecule has 0 fully saturated rings. The van der Waals surface area contributed by atoms with Gasteiger partial charge in [-0.25, -0.2) is 0 Å². The summed E-state index contributed by atoms with van der Waals surface area (Å²) in [6.07, 6.45) is 4.54. The van der Waals surface area contributed by atoms with E-state index in [4.69, 9.17) is 11.6 Å². The fourth-order valence-electron chi connectivity index (χ4n) is 2.51. The van der Waals surface area contributed by atoms with Crippen molar-refractivity contribution in [3.05, 3.63) is 65.2 Å². The van der Waals surface area contributed by atoms with Gasteiger partial charge < -0.3 is 4.90 Å². The number of carbonyl (C=O) groups is 1. The van der Waals surface area contributed by atoms with Gasteiger partial charge in [0.15, 0.2) is 0 Å². The smallest absolute Gasteiger partial charge is 0.286 e. The van der Waals surface area contributed by atoms with Crippen LogP contribution in [0.5, 0.6) is 0 Å². The second-order valence-corrected chi connectivity index (χ2v) is 7.40. The van der Waals surface area contributed by atoms with Gasteiger partial charge in [-0.1, -0.05) is 79.9 Å². The van der Waals surface area contributed by atoms with Gasteiger partial charge in [-0.2, -0.15) is 0 Å². The van der Waals surface area contributed by atoms with Crippen LogP contribution >= 0.6 is 23.4 Å². The third-order valence-electron chi connectivity index (χ3n) is 3.97. The minimum Gasteiger partial charge on any atom is -0.306 e. The predicted molar refractivity (Wildman–Crippen MR) is 106 cm³/mol. The lowest BCUT2D eigenvalue weighted by Crippen LogP contribution is -2.22. The van der Waals surface area contributed by atoms with Crippen LogP contribution in [-0.2, 0) is 0 Å². The standard InChI is InChI=1S/C20H24ClNOS/c1-3-4-6-11-19(16-9-7-5-8-10-16)24-20(23)22(2)18-14-12-17(21)13-15-18/h5,7-10,12-15,19H,3-4,6,11H2,1-2H3/t19-/m1/s1. The SMILES string of the molecule is CCCCC[C@@H](SC(=O)N(C)c1ccc(Cl)cc1)c1ccccc1. The number of unbranched alkanes of at least 4 members (excludes halogenated alkanes) is 2. The maximum absolute atomic E-state index is 12.7. The molecule has 0 saturated heterocycles. The monoisotopic (exact) mass is 361 g/mol. The van der Waals surface area contributed by atoms with Crippen molar-refractivity contribution < 1.29 is 4.79 Å². The molecule has 0 spiro atoms. The number of amides is 1. The average molecular weight is 362 g/mol. The van der Waals surface area contributed by atoms with E-state index < -0.39 is 0 Å². The number of halogens is 1. The Bertz CT molecular complexity index is 630. The molecule has 2 nitrogen and oxygen atoms in total. The van der Waals surface area contributed by atoms with Crippen molar-refractivity contribution in [1.82, 2.24) is 0 Å². The second kappa shape index (κ2) is 9.75. The Hall–Kier alpha value is -1.45. The number of rotatable bonds is 7. The van der Waals surface area contributed by atoms with Crippen molar-refractivity contribution in [3.8, 4) is 0 Å². The molecule has 0 aliphatic carbocycles. The third-order valence-corrected chi connectivity index (χ3v) is 5.49. The lowest BCUT2D eigenvalue weighted by atomic mass is 10.1. The average Bonchev–Trinajstić information content (AvgIpc) is 2.61. The van der Waals surface area contributed by atoms with E-state index in [1.165, 1.54) is 30.2 Å². The molecule has 1 atom stereocenters. The molecule has 0 aliphatic rings. The van der Waals surface area contributed by atoms with Gasteiger partial charge in [0.1, 0.15) is 0 Å². The number of benzene rings is 2. The molecule has 0 N–H and O–H groups in total. The molecule has 1 amide bonds. The highest BCUT2D eigenvalue weighted by atomic mass is 35.5. The molecule has 2 aromatic rings. The van der Waals surface area contributed by atoms with Gasteiger partial charge >= 0.3 is 0 Å². The minimum atomic E-state index is 0.0580. The van der Waals surface area contributed by atoms with Crippen molar-refractivity contribution in [3.63, 3.8) is 0 Å². The molecule has 0 aliphatic heterocycles. The summed E-state index contributed by atoms with van der Waals surface area (Å²) in [7, 11) is 1.81. The maximum atomic E-state index is 12.7. The van der Waals surface area contributed by atoms with E-state index in [9.17, 15) is 4.79 Å². The molecule has 0 saturated carbocycles. The quantitative estimate of drug-likeness (QED) is 0.497. The fourth-order valence-corrected chi connectivity index (χ4v) is 3.72. The van der Waals surface area contributed by atoms with Crippen molar-refractivity contribution in [2.45, 2.75) is 37.9 Å². The van der Waals surface area contributed by atoms with E-state index >= 15 is 0 Å². The summed E-state index contributed by atoms with van der Waals surface area (Å²) in [6.45, 7) is 2.20. The molecule has 0 radical (unpaired) electrons. The summed E-state index contributed by atoms with van der Waals surface area (Å²) in [5.74, 6) is 0. The third kappa shape index (κ3) is 5.57. The number of nitrogens with zero attached hydrogens (tertiary/aromatic N) is 1. The topological polar surface area (TPSA) is 20.3 Å². The van der Waals surface area contributed by atoms with Crippen LogP contribution in [0.3, 0.4) is 0 Å². The first-order chi connectivity index (χ1) is 11.6. The van der Waals surface area contributed by atoms with Crippen molar-refractivity contribution >= 4 is 34.3 Å². The van der Waals surface area contributed by atoms with E-state index in [-0.39, 0.29) is 10.5 Å². The lowest BCUT2D eigenvalue weighted by molar-refractivity contribution is 0.266. The summed E-state index contributed by atoms with van der Waals surface area (Å²) in [5.41, 5.74) is 2.08. The normalized spacial score (nSPS) is 12.0. The van der Waals surface area contributed by atoms with Crippen molar-refractivity contribution in [2.75, 3.05) is 11.9 Å². The lowest BCUT2D eigenvalue weighted by Gasteiger charge is -2.21. The number of anilines is 1. The fraction of sp³-hybridized carbons (Fsp3) is 0.350. The van der Waals surface area contributed by atoms with Gasteiger partial charge in [0.25, 0.3) is 5.24 Å². The van der Waals surface area contributed by atoms with Crippen LogP contribution in [0.1, 0.15) is 43.4 Å². The van der Waals surface area contributed by atoms with Crippen LogP contribution < -0.4 is 4.90 Å². The van der Waals surface area contributed by atoms with Gasteiger partial charge in [-0.05, 0) is 36.2 Å². The molecule has 0 heterocycles. The highest BCUT2D eigenvalue weighted by Gasteiger charge is 2.20. The molecule has 4 heteroatoms. The van der Waals surface area contributed by atoms with Gasteiger partial charge in [0.05, 0.1) is 0 Å². The highest BCUT2D eigenvalue weighted by molar-refractivity contribution is 8.14. The largest absolute Gasteiger partial charge is 0.306 e. The Labute approximate surface area is 154 Å². The summed E-state index contributed by atoms with van der Waals surface area (Å²) < 4.78 is 0. The molecular formula is C20H24ClNOS. The Morgan fingerprint density at radius 2 is 1.75 bits per heavy atom. The van der Waals surface area contributed by atoms with Crippen LogP contribution in [0.2, 0.25) is 5.02 Å².